The molecular formula is C16H29N2O2+. The first-order valence-corrected chi connectivity index (χ1v) is 7.73. The Morgan fingerprint density at radius 3 is 2.45 bits per heavy atom. The smallest absolute Gasteiger partial charge is 0.225 e. The Morgan fingerprint density at radius 2 is 1.80 bits per heavy atom. The molecule has 0 radical (unpaired) electrons. The molecule has 0 amide bonds. The van der Waals surface area contributed by atoms with Gasteiger partial charge >= 0.3 is 0 Å². The molecule has 0 saturated heterocycles. The van der Waals surface area contributed by atoms with Gasteiger partial charge in [-0.15, -0.1) is 0 Å². The zero-order valence-corrected chi connectivity index (χ0v) is 12.9. The van der Waals surface area contributed by atoms with Crippen molar-refractivity contribution in [1.82, 2.24) is 0 Å². The van der Waals surface area contributed by atoms with Gasteiger partial charge in [0.1, 0.15) is 7.05 Å². The molecule has 0 fully saturated rings. The van der Waals surface area contributed by atoms with Crippen molar-refractivity contribution in [2.75, 3.05) is 6.61 Å². The van der Waals surface area contributed by atoms with Crippen molar-refractivity contribution in [2.24, 2.45) is 12.8 Å². The fourth-order valence-electron chi connectivity index (χ4n) is 2.21. The number of rotatable bonds is 10. The number of unbranched alkanes of at least 4 members (excludes halogenated alkanes) is 6. The highest BCUT2D eigenvalue weighted by Gasteiger charge is 2.13. The summed E-state index contributed by atoms with van der Waals surface area (Å²) >= 11 is 0. The molecule has 0 spiro atoms. The first-order valence-electron chi connectivity index (χ1n) is 7.73. The standard InChI is InChI=1S/C16H28N2O2/c1-3-4-5-6-7-8-9-10-20-16-13-18(2)14(12-17)11-15(16)19/h11,13H,3-10,12,17H2,1-2H3/p+1. The molecule has 20 heavy (non-hydrogen) atoms. The van der Waals surface area contributed by atoms with Crippen molar-refractivity contribution >= 4 is 0 Å². The molecule has 3 N–H and O–H groups in total. The minimum Gasteiger partial charge on any atom is -0.504 e. The highest BCUT2D eigenvalue weighted by atomic mass is 16.5. The Hall–Kier alpha value is -1.29. The van der Waals surface area contributed by atoms with E-state index in [2.05, 4.69) is 6.92 Å². The van der Waals surface area contributed by atoms with E-state index in [9.17, 15) is 5.11 Å². The molecule has 1 aromatic rings. The van der Waals surface area contributed by atoms with Gasteiger partial charge in [0.05, 0.1) is 19.2 Å². The van der Waals surface area contributed by atoms with Crippen LogP contribution in [0.4, 0.5) is 0 Å². The summed E-state index contributed by atoms with van der Waals surface area (Å²) in [4.78, 5) is 0. The molecule has 0 atom stereocenters. The fourth-order valence-corrected chi connectivity index (χ4v) is 2.21. The Labute approximate surface area is 122 Å². The van der Waals surface area contributed by atoms with Crippen LogP contribution in [0.1, 0.15) is 57.6 Å². The molecule has 4 nitrogen and oxygen atoms in total. The highest BCUT2D eigenvalue weighted by Crippen LogP contribution is 2.24. The normalized spacial score (nSPS) is 10.8. The van der Waals surface area contributed by atoms with E-state index in [1.807, 2.05) is 11.6 Å². The molecule has 1 heterocycles. The number of ether oxygens (including phenoxy) is 1. The van der Waals surface area contributed by atoms with Crippen molar-refractivity contribution in [1.29, 1.82) is 0 Å². The van der Waals surface area contributed by atoms with Gasteiger partial charge in [-0.25, -0.2) is 4.57 Å². The molecule has 0 unspecified atom stereocenters. The topological polar surface area (TPSA) is 59.4 Å². The third-order valence-corrected chi connectivity index (χ3v) is 3.53. The van der Waals surface area contributed by atoms with Gasteiger partial charge in [0.15, 0.2) is 11.4 Å². The van der Waals surface area contributed by atoms with Crippen LogP contribution < -0.4 is 15.0 Å². The Morgan fingerprint density at radius 1 is 1.15 bits per heavy atom. The summed E-state index contributed by atoms with van der Waals surface area (Å²) in [7, 11) is 1.90. The van der Waals surface area contributed by atoms with Crippen LogP contribution in [0.3, 0.4) is 0 Å². The van der Waals surface area contributed by atoms with Gasteiger partial charge in [0.25, 0.3) is 0 Å². The van der Waals surface area contributed by atoms with Crippen LogP contribution in [0, 0.1) is 0 Å². The van der Waals surface area contributed by atoms with Gasteiger partial charge in [0.2, 0.25) is 11.9 Å². The SMILES string of the molecule is CCCCCCCCCOc1c[n+](C)c(CN)cc1O. The maximum Gasteiger partial charge on any atom is 0.225 e. The van der Waals surface area contributed by atoms with E-state index < -0.39 is 0 Å². The second-order valence-corrected chi connectivity index (χ2v) is 5.30. The molecule has 0 aliphatic heterocycles. The predicted octanol–water partition coefficient (Wildman–Crippen LogP) is 2.80. The predicted molar refractivity (Wildman–Crippen MR) is 80.7 cm³/mol. The van der Waals surface area contributed by atoms with Gasteiger partial charge in [0, 0.05) is 0 Å². The number of pyridine rings is 1. The van der Waals surface area contributed by atoms with E-state index in [4.69, 9.17) is 10.5 Å². The number of hydrogen-bond donors (Lipinski definition) is 2. The summed E-state index contributed by atoms with van der Waals surface area (Å²) in [6.07, 6.45) is 10.6. The molecule has 0 aliphatic rings. The zero-order valence-electron chi connectivity index (χ0n) is 12.9. The van der Waals surface area contributed by atoms with E-state index in [1.54, 1.807) is 12.3 Å². The molecule has 1 rings (SSSR count). The zero-order chi connectivity index (χ0) is 14.8. The summed E-state index contributed by atoms with van der Waals surface area (Å²) in [6, 6.07) is 1.67. The quantitative estimate of drug-likeness (QED) is 0.512. The average molecular weight is 281 g/mol. The van der Waals surface area contributed by atoms with Crippen LogP contribution in [0.5, 0.6) is 11.5 Å². The van der Waals surface area contributed by atoms with E-state index in [1.165, 1.54) is 38.5 Å². The maximum atomic E-state index is 9.85. The molecule has 0 aliphatic carbocycles. The lowest BCUT2D eigenvalue weighted by atomic mass is 10.1. The molecule has 0 aromatic carbocycles. The van der Waals surface area contributed by atoms with E-state index in [-0.39, 0.29) is 5.75 Å². The molecule has 114 valence electrons. The fraction of sp³-hybridized carbons (Fsp3) is 0.688. The average Bonchev–Trinajstić information content (AvgIpc) is 2.44. The Bertz CT molecular complexity index is 394. The molecule has 0 saturated carbocycles. The second kappa shape index (κ2) is 9.59. The summed E-state index contributed by atoms with van der Waals surface area (Å²) < 4.78 is 7.52. The number of hydrogen-bond acceptors (Lipinski definition) is 3. The lowest BCUT2D eigenvalue weighted by Crippen LogP contribution is -2.34. The Balaban J connectivity index is 2.23. The third-order valence-electron chi connectivity index (χ3n) is 3.53. The van der Waals surface area contributed by atoms with Crippen LogP contribution in [-0.4, -0.2) is 11.7 Å². The van der Waals surface area contributed by atoms with Gasteiger partial charge in [-0.1, -0.05) is 45.4 Å². The number of nitrogens with zero attached hydrogens (tertiary/aromatic N) is 1. The van der Waals surface area contributed by atoms with Crippen molar-refractivity contribution in [3.63, 3.8) is 0 Å². The lowest BCUT2D eigenvalue weighted by molar-refractivity contribution is -0.679. The summed E-state index contributed by atoms with van der Waals surface area (Å²) in [5.74, 6) is 0.710. The van der Waals surface area contributed by atoms with Crippen LogP contribution in [0.25, 0.3) is 0 Å². The number of aryl methyl sites for hydroxylation is 1. The van der Waals surface area contributed by atoms with Gasteiger partial charge in [-0.05, 0) is 6.42 Å². The Kier molecular flexibility index (Phi) is 8.04. The van der Waals surface area contributed by atoms with Crippen LogP contribution in [0.2, 0.25) is 0 Å². The third kappa shape index (κ3) is 5.78. The van der Waals surface area contributed by atoms with Gasteiger partial charge in [-0.2, -0.15) is 0 Å². The second-order valence-electron chi connectivity index (χ2n) is 5.30. The molecule has 0 bridgehead atoms. The highest BCUT2D eigenvalue weighted by molar-refractivity contribution is 5.35. The first kappa shape index (κ1) is 16.8. The molecule has 4 heteroatoms. The minimum atomic E-state index is 0.173. The van der Waals surface area contributed by atoms with Crippen molar-refractivity contribution < 1.29 is 14.4 Å². The van der Waals surface area contributed by atoms with Crippen molar-refractivity contribution in [3.05, 3.63) is 18.0 Å². The number of nitrogens with two attached hydrogens (primary N) is 1. The number of aromatic hydroxyl groups is 1. The minimum absolute atomic E-state index is 0.173. The van der Waals surface area contributed by atoms with Crippen molar-refractivity contribution in [3.8, 4) is 11.5 Å². The summed E-state index contributed by atoms with van der Waals surface area (Å²) in [6.45, 7) is 3.29. The van der Waals surface area contributed by atoms with Crippen LogP contribution in [0.15, 0.2) is 12.3 Å². The summed E-state index contributed by atoms with van der Waals surface area (Å²) in [5.41, 5.74) is 6.47. The largest absolute Gasteiger partial charge is 0.504 e. The summed E-state index contributed by atoms with van der Waals surface area (Å²) in [5, 5.41) is 9.85. The maximum absolute atomic E-state index is 9.85. The molecular weight excluding hydrogens is 252 g/mol. The van der Waals surface area contributed by atoms with Gasteiger partial charge in [-0.3, -0.25) is 0 Å². The number of aromatic nitrogens is 1. The van der Waals surface area contributed by atoms with Gasteiger partial charge < -0.3 is 15.6 Å². The van der Waals surface area contributed by atoms with E-state index >= 15 is 0 Å². The van der Waals surface area contributed by atoms with E-state index in [0.29, 0.717) is 18.9 Å². The monoisotopic (exact) mass is 281 g/mol. The van der Waals surface area contributed by atoms with Crippen LogP contribution in [-0.2, 0) is 13.6 Å². The molecule has 1 aromatic heterocycles. The van der Waals surface area contributed by atoms with E-state index in [0.717, 1.165) is 12.1 Å². The lowest BCUT2D eigenvalue weighted by Gasteiger charge is -2.08. The first-order chi connectivity index (χ1) is 9.69. The van der Waals surface area contributed by atoms with Crippen molar-refractivity contribution in [2.45, 2.75) is 58.4 Å². The van der Waals surface area contributed by atoms with Crippen LogP contribution >= 0.6 is 0 Å².